The van der Waals surface area contributed by atoms with E-state index in [2.05, 4.69) is 30.3 Å². The molecule has 3 heteroatoms. The van der Waals surface area contributed by atoms with Crippen molar-refractivity contribution in [2.75, 3.05) is 0 Å². The average molecular weight is 250 g/mol. The lowest BCUT2D eigenvalue weighted by atomic mass is 9.92. The second-order valence-electron chi connectivity index (χ2n) is 4.95. The van der Waals surface area contributed by atoms with Crippen LogP contribution in [0.1, 0.15) is 58.7 Å². The van der Waals surface area contributed by atoms with Gasteiger partial charge in [0.1, 0.15) is 11.6 Å². The van der Waals surface area contributed by atoms with Crippen molar-refractivity contribution in [3.05, 3.63) is 18.2 Å². The van der Waals surface area contributed by atoms with E-state index in [1.54, 1.807) is 6.20 Å². The third-order valence-corrected chi connectivity index (χ3v) is 3.33. The van der Waals surface area contributed by atoms with Crippen LogP contribution in [0.5, 0.6) is 0 Å². The quantitative estimate of drug-likeness (QED) is 0.671. The molecule has 1 aromatic heterocycles. The summed E-state index contributed by atoms with van der Waals surface area (Å²) in [5, 5.41) is 0. The number of imidazole rings is 1. The number of rotatable bonds is 9. The van der Waals surface area contributed by atoms with E-state index in [0.29, 0.717) is 12.2 Å². The summed E-state index contributed by atoms with van der Waals surface area (Å²) in [6.07, 6.45) is 9.54. The van der Waals surface area contributed by atoms with E-state index >= 15 is 0 Å². The van der Waals surface area contributed by atoms with E-state index in [1.807, 2.05) is 6.20 Å². The number of aromatic nitrogens is 2. The molecule has 0 aromatic carbocycles. The first-order valence-electron chi connectivity index (χ1n) is 7.25. The van der Waals surface area contributed by atoms with Crippen LogP contribution in [0.25, 0.3) is 0 Å². The lowest BCUT2D eigenvalue weighted by Crippen LogP contribution is -2.19. The molecule has 1 heterocycles. The molecule has 0 spiro atoms. The number of Topliss-reactive ketones (excluding diaryl/α,β-unsaturated/α-hetero) is 1. The van der Waals surface area contributed by atoms with Crippen molar-refractivity contribution in [1.82, 2.24) is 9.55 Å². The summed E-state index contributed by atoms with van der Waals surface area (Å²) in [7, 11) is 0. The molecule has 18 heavy (non-hydrogen) atoms. The summed E-state index contributed by atoms with van der Waals surface area (Å²) < 4.78 is 2.10. The number of nitrogens with zero attached hydrogens (tertiary/aromatic N) is 2. The van der Waals surface area contributed by atoms with E-state index in [4.69, 9.17) is 0 Å². The monoisotopic (exact) mass is 250 g/mol. The molecule has 0 aliphatic heterocycles. The second-order valence-corrected chi connectivity index (χ2v) is 4.95. The minimum absolute atomic E-state index is 0.228. The SMILES string of the molecule is CCCC(CCC)C(=O)Cc1nccn1CCC. The van der Waals surface area contributed by atoms with Gasteiger partial charge in [-0.1, -0.05) is 33.6 Å². The summed E-state index contributed by atoms with van der Waals surface area (Å²) in [5.74, 6) is 1.52. The normalized spacial score (nSPS) is 11.1. The van der Waals surface area contributed by atoms with Gasteiger partial charge in [0, 0.05) is 24.9 Å². The van der Waals surface area contributed by atoms with E-state index in [0.717, 1.165) is 44.5 Å². The van der Waals surface area contributed by atoms with Crippen LogP contribution in [0.15, 0.2) is 12.4 Å². The van der Waals surface area contributed by atoms with Crippen molar-refractivity contribution in [3.8, 4) is 0 Å². The van der Waals surface area contributed by atoms with Crippen LogP contribution in [0.4, 0.5) is 0 Å². The zero-order valence-corrected chi connectivity index (χ0v) is 12.0. The Morgan fingerprint density at radius 3 is 2.44 bits per heavy atom. The molecule has 0 atom stereocenters. The van der Waals surface area contributed by atoms with Crippen LogP contribution >= 0.6 is 0 Å². The maximum Gasteiger partial charge on any atom is 0.143 e. The molecular formula is C15H26N2O. The third kappa shape index (κ3) is 4.28. The summed E-state index contributed by atoms with van der Waals surface area (Å²) in [6, 6.07) is 0. The van der Waals surface area contributed by atoms with Gasteiger partial charge in [-0.25, -0.2) is 4.98 Å². The molecule has 0 bridgehead atoms. The second kappa shape index (κ2) is 8.06. The minimum atomic E-state index is 0.228. The Balaban J connectivity index is 2.63. The molecule has 1 rings (SSSR count). The maximum absolute atomic E-state index is 12.3. The fraction of sp³-hybridized carbons (Fsp3) is 0.733. The van der Waals surface area contributed by atoms with Gasteiger partial charge in [-0.05, 0) is 19.3 Å². The molecule has 0 saturated heterocycles. The Labute approximate surface area is 111 Å². The van der Waals surface area contributed by atoms with Crippen LogP contribution in [0, 0.1) is 5.92 Å². The highest BCUT2D eigenvalue weighted by Crippen LogP contribution is 2.17. The molecule has 0 unspecified atom stereocenters. The molecule has 0 aliphatic carbocycles. The van der Waals surface area contributed by atoms with Crippen molar-refractivity contribution in [2.45, 2.75) is 65.8 Å². The number of carbonyl (C=O) groups is 1. The van der Waals surface area contributed by atoms with Crippen LogP contribution in [0.3, 0.4) is 0 Å². The molecule has 0 amide bonds. The van der Waals surface area contributed by atoms with Gasteiger partial charge in [0.05, 0.1) is 6.42 Å². The van der Waals surface area contributed by atoms with Crippen LogP contribution in [0.2, 0.25) is 0 Å². The average Bonchev–Trinajstić information content (AvgIpc) is 2.77. The minimum Gasteiger partial charge on any atom is -0.335 e. The number of carbonyl (C=O) groups excluding carboxylic acids is 1. The Hall–Kier alpha value is -1.12. The molecule has 1 aromatic rings. The van der Waals surface area contributed by atoms with Crippen LogP contribution in [-0.4, -0.2) is 15.3 Å². The van der Waals surface area contributed by atoms with Gasteiger partial charge in [-0.2, -0.15) is 0 Å². The van der Waals surface area contributed by atoms with E-state index < -0.39 is 0 Å². The van der Waals surface area contributed by atoms with Gasteiger partial charge < -0.3 is 4.57 Å². The number of hydrogen-bond acceptors (Lipinski definition) is 2. The number of hydrogen-bond donors (Lipinski definition) is 0. The van der Waals surface area contributed by atoms with Crippen molar-refractivity contribution < 1.29 is 4.79 Å². The van der Waals surface area contributed by atoms with Crippen molar-refractivity contribution in [3.63, 3.8) is 0 Å². The standard InChI is InChI=1S/C15H26N2O/c1-4-7-13(8-5-2)14(18)12-15-16-9-11-17(15)10-6-3/h9,11,13H,4-8,10,12H2,1-3H3. The zero-order chi connectivity index (χ0) is 13.4. The number of ketones is 1. The summed E-state index contributed by atoms with van der Waals surface area (Å²) in [6.45, 7) is 7.39. The van der Waals surface area contributed by atoms with Crippen LogP contribution in [-0.2, 0) is 17.8 Å². The number of aryl methyl sites for hydroxylation is 1. The van der Waals surface area contributed by atoms with Gasteiger partial charge in [-0.3, -0.25) is 4.79 Å². The summed E-state index contributed by atoms with van der Waals surface area (Å²) in [4.78, 5) is 16.6. The predicted molar refractivity (Wildman–Crippen MR) is 74.5 cm³/mol. The molecule has 3 nitrogen and oxygen atoms in total. The first-order chi connectivity index (χ1) is 8.72. The van der Waals surface area contributed by atoms with Crippen LogP contribution < -0.4 is 0 Å². The maximum atomic E-state index is 12.3. The Morgan fingerprint density at radius 2 is 1.89 bits per heavy atom. The predicted octanol–water partition coefficient (Wildman–Crippen LogP) is 3.62. The van der Waals surface area contributed by atoms with Gasteiger partial charge in [-0.15, -0.1) is 0 Å². The highest BCUT2D eigenvalue weighted by Gasteiger charge is 2.18. The molecule has 0 aliphatic rings. The first kappa shape index (κ1) is 14.9. The third-order valence-electron chi connectivity index (χ3n) is 3.33. The molecule has 0 N–H and O–H groups in total. The Bertz CT molecular complexity index is 351. The highest BCUT2D eigenvalue weighted by atomic mass is 16.1. The largest absolute Gasteiger partial charge is 0.335 e. The first-order valence-corrected chi connectivity index (χ1v) is 7.25. The summed E-state index contributed by atoms with van der Waals surface area (Å²) >= 11 is 0. The summed E-state index contributed by atoms with van der Waals surface area (Å²) in [5.41, 5.74) is 0. The fourth-order valence-corrected chi connectivity index (χ4v) is 2.42. The Kier molecular flexibility index (Phi) is 6.69. The molecule has 0 saturated carbocycles. The van der Waals surface area contributed by atoms with Gasteiger partial charge in [0.2, 0.25) is 0 Å². The topological polar surface area (TPSA) is 34.9 Å². The fourth-order valence-electron chi connectivity index (χ4n) is 2.42. The highest BCUT2D eigenvalue weighted by molar-refractivity contribution is 5.82. The van der Waals surface area contributed by atoms with Crippen molar-refractivity contribution in [1.29, 1.82) is 0 Å². The smallest absolute Gasteiger partial charge is 0.143 e. The van der Waals surface area contributed by atoms with Crippen molar-refractivity contribution in [2.24, 2.45) is 5.92 Å². The molecule has 102 valence electrons. The lowest BCUT2D eigenvalue weighted by molar-refractivity contribution is -0.122. The van der Waals surface area contributed by atoms with E-state index in [9.17, 15) is 4.79 Å². The van der Waals surface area contributed by atoms with Gasteiger partial charge >= 0.3 is 0 Å². The molecule has 0 radical (unpaired) electrons. The van der Waals surface area contributed by atoms with Gasteiger partial charge in [0.25, 0.3) is 0 Å². The molecule has 0 fully saturated rings. The zero-order valence-electron chi connectivity index (χ0n) is 12.0. The van der Waals surface area contributed by atoms with Gasteiger partial charge in [0.15, 0.2) is 0 Å². The van der Waals surface area contributed by atoms with E-state index in [-0.39, 0.29) is 5.92 Å². The Morgan fingerprint density at radius 1 is 1.22 bits per heavy atom. The van der Waals surface area contributed by atoms with Crippen molar-refractivity contribution >= 4 is 5.78 Å². The lowest BCUT2D eigenvalue weighted by Gasteiger charge is -2.14. The van der Waals surface area contributed by atoms with E-state index in [1.165, 1.54) is 0 Å². The molecular weight excluding hydrogens is 224 g/mol.